The van der Waals surface area contributed by atoms with Crippen LogP contribution in [0.5, 0.6) is 0 Å². The predicted molar refractivity (Wildman–Crippen MR) is 51.9 cm³/mol. The van der Waals surface area contributed by atoms with Gasteiger partial charge in [0, 0.05) is 19.6 Å². The zero-order chi connectivity index (χ0) is 10.2. The molecule has 1 rings (SSSR count). The average Bonchev–Trinajstić information content (AvgIpc) is 2.63. The molecule has 0 atom stereocenters. The third-order valence-electron chi connectivity index (χ3n) is 1.71. The summed E-state index contributed by atoms with van der Waals surface area (Å²) >= 11 is 0. The number of rotatable bonds is 7. The first-order valence-electron chi connectivity index (χ1n) is 4.96. The average molecular weight is 199 g/mol. The molecule has 1 aromatic rings. The van der Waals surface area contributed by atoms with Gasteiger partial charge in [0.2, 0.25) is 5.89 Å². The molecular formula is C9H17N3O2. The van der Waals surface area contributed by atoms with Gasteiger partial charge in [-0.3, -0.25) is 0 Å². The van der Waals surface area contributed by atoms with Gasteiger partial charge >= 0.3 is 0 Å². The molecule has 5 nitrogen and oxygen atoms in total. The standard InChI is InChI=1S/C9H17N3O2/c1-3-10-6-5-9-11-8(12-14-9)7-13-4-2/h10H,3-7H2,1-2H3. The Morgan fingerprint density at radius 3 is 3.00 bits per heavy atom. The molecule has 0 unspecified atom stereocenters. The lowest BCUT2D eigenvalue weighted by atomic mass is 10.4. The second-order valence-corrected chi connectivity index (χ2v) is 2.85. The molecule has 5 heteroatoms. The summed E-state index contributed by atoms with van der Waals surface area (Å²) in [6, 6.07) is 0. The van der Waals surface area contributed by atoms with E-state index in [0.29, 0.717) is 24.9 Å². The molecule has 0 aromatic carbocycles. The first-order chi connectivity index (χ1) is 6.86. The zero-order valence-corrected chi connectivity index (χ0v) is 8.75. The molecule has 0 bridgehead atoms. The van der Waals surface area contributed by atoms with Crippen molar-refractivity contribution in [2.45, 2.75) is 26.9 Å². The number of nitrogens with one attached hydrogen (secondary N) is 1. The van der Waals surface area contributed by atoms with Crippen molar-refractivity contribution in [1.29, 1.82) is 0 Å². The van der Waals surface area contributed by atoms with E-state index >= 15 is 0 Å². The zero-order valence-electron chi connectivity index (χ0n) is 8.75. The van der Waals surface area contributed by atoms with Crippen molar-refractivity contribution in [2.24, 2.45) is 0 Å². The highest BCUT2D eigenvalue weighted by atomic mass is 16.5. The fourth-order valence-corrected chi connectivity index (χ4v) is 1.02. The summed E-state index contributed by atoms with van der Waals surface area (Å²) in [5.41, 5.74) is 0. The van der Waals surface area contributed by atoms with Crippen molar-refractivity contribution >= 4 is 0 Å². The normalized spacial score (nSPS) is 10.7. The van der Waals surface area contributed by atoms with E-state index in [1.165, 1.54) is 0 Å². The maximum Gasteiger partial charge on any atom is 0.228 e. The SMILES string of the molecule is CCNCCc1nc(COCC)no1. The number of aromatic nitrogens is 2. The molecule has 1 aromatic heterocycles. The number of hydrogen-bond donors (Lipinski definition) is 1. The second kappa shape index (κ2) is 6.50. The van der Waals surface area contributed by atoms with Gasteiger partial charge in [-0.05, 0) is 13.5 Å². The molecule has 0 aliphatic rings. The Morgan fingerprint density at radius 1 is 1.43 bits per heavy atom. The van der Waals surface area contributed by atoms with E-state index in [0.717, 1.165) is 19.5 Å². The minimum atomic E-state index is 0.432. The van der Waals surface area contributed by atoms with Gasteiger partial charge in [0.15, 0.2) is 5.82 Å². The molecule has 1 N–H and O–H groups in total. The van der Waals surface area contributed by atoms with E-state index in [1.54, 1.807) is 0 Å². The summed E-state index contributed by atoms with van der Waals surface area (Å²) in [6.07, 6.45) is 0.771. The predicted octanol–water partition coefficient (Wildman–Crippen LogP) is 0.758. The molecule has 1 heterocycles. The van der Waals surface area contributed by atoms with Crippen molar-refractivity contribution in [1.82, 2.24) is 15.5 Å². The minimum Gasteiger partial charge on any atom is -0.374 e. The van der Waals surface area contributed by atoms with Crippen molar-refractivity contribution in [3.63, 3.8) is 0 Å². The van der Waals surface area contributed by atoms with Gasteiger partial charge in [0.05, 0.1) is 0 Å². The van der Waals surface area contributed by atoms with Crippen LogP contribution in [0.25, 0.3) is 0 Å². The highest BCUT2D eigenvalue weighted by molar-refractivity contribution is 4.84. The number of nitrogens with zero attached hydrogens (tertiary/aromatic N) is 2. The second-order valence-electron chi connectivity index (χ2n) is 2.85. The van der Waals surface area contributed by atoms with E-state index in [9.17, 15) is 0 Å². The van der Waals surface area contributed by atoms with Crippen LogP contribution < -0.4 is 5.32 Å². The third kappa shape index (κ3) is 3.85. The molecule has 0 fully saturated rings. The molecule has 0 radical (unpaired) electrons. The molecule has 0 saturated carbocycles. The minimum absolute atomic E-state index is 0.432. The van der Waals surface area contributed by atoms with Gasteiger partial charge in [0.25, 0.3) is 0 Å². The van der Waals surface area contributed by atoms with Gasteiger partial charge in [-0.15, -0.1) is 0 Å². The fraction of sp³-hybridized carbons (Fsp3) is 0.778. The topological polar surface area (TPSA) is 60.2 Å². The molecule has 0 saturated heterocycles. The summed E-state index contributed by atoms with van der Waals surface area (Å²) < 4.78 is 10.2. The van der Waals surface area contributed by atoms with Crippen LogP contribution in [0.15, 0.2) is 4.52 Å². The summed E-state index contributed by atoms with van der Waals surface area (Å²) in [6.45, 7) is 6.93. The maximum absolute atomic E-state index is 5.16. The Bertz CT molecular complexity index is 250. The first kappa shape index (κ1) is 11.1. The Morgan fingerprint density at radius 2 is 2.29 bits per heavy atom. The molecular weight excluding hydrogens is 182 g/mol. The van der Waals surface area contributed by atoms with E-state index in [4.69, 9.17) is 9.26 Å². The van der Waals surface area contributed by atoms with Gasteiger partial charge in [-0.2, -0.15) is 4.98 Å². The lowest BCUT2D eigenvalue weighted by molar-refractivity contribution is 0.126. The van der Waals surface area contributed by atoms with Crippen LogP contribution in [0.4, 0.5) is 0 Å². The summed E-state index contributed by atoms with van der Waals surface area (Å²) in [5, 5.41) is 6.98. The summed E-state index contributed by atoms with van der Waals surface area (Å²) in [5.74, 6) is 1.29. The molecule has 0 spiro atoms. The van der Waals surface area contributed by atoms with Crippen LogP contribution in [-0.4, -0.2) is 29.8 Å². The molecule has 0 aliphatic carbocycles. The fourth-order valence-electron chi connectivity index (χ4n) is 1.02. The Balaban J connectivity index is 2.27. The summed E-state index contributed by atoms with van der Waals surface area (Å²) in [4.78, 5) is 4.18. The lowest BCUT2D eigenvalue weighted by Gasteiger charge is -1.95. The monoisotopic (exact) mass is 199 g/mol. The van der Waals surface area contributed by atoms with Gasteiger partial charge in [0.1, 0.15) is 6.61 Å². The lowest BCUT2D eigenvalue weighted by Crippen LogP contribution is -2.16. The quantitative estimate of drug-likeness (QED) is 0.657. The van der Waals surface area contributed by atoms with E-state index in [1.807, 2.05) is 6.92 Å². The largest absolute Gasteiger partial charge is 0.374 e. The maximum atomic E-state index is 5.16. The van der Waals surface area contributed by atoms with Crippen LogP contribution in [0.1, 0.15) is 25.6 Å². The Labute approximate surface area is 83.8 Å². The van der Waals surface area contributed by atoms with E-state index in [2.05, 4.69) is 22.4 Å². The van der Waals surface area contributed by atoms with Gasteiger partial charge in [-0.25, -0.2) is 0 Å². The Kier molecular flexibility index (Phi) is 5.17. The van der Waals surface area contributed by atoms with Crippen LogP contribution in [-0.2, 0) is 17.8 Å². The number of likely N-dealkylation sites (N-methyl/N-ethyl adjacent to an activating group) is 1. The van der Waals surface area contributed by atoms with Crippen molar-refractivity contribution in [3.05, 3.63) is 11.7 Å². The number of ether oxygens (including phenoxy) is 1. The van der Waals surface area contributed by atoms with E-state index < -0.39 is 0 Å². The van der Waals surface area contributed by atoms with E-state index in [-0.39, 0.29) is 0 Å². The van der Waals surface area contributed by atoms with Crippen molar-refractivity contribution < 1.29 is 9.26 Å². The van der Waals surface area contributed by atoms with Gasteiger partial charge in [-0.1, -0.05) is 12.1 Å². The molecule has 14 heavy (non-hydrogen) atoms. The van der Waals surface area contributed by atoms with Crippen LogP contribution >= 0.6 is 0 Å². The summed E-state index contributed by atoms with van der Waals surface area (Å²) in [7, 11) is 0. The van der Waals surface area contributed by atoms with Crippen LogP contribution in [0.2, 0.25) is 0 Å². The molecule has 0 amide bonds. The highest BCUT2D eigenvalue weighted by Crippen LogP contribution is 1.99. The van der Waals surface area contributed by atoms with Crippen molar-refractivity contribution in [3.8, 4) is 0 Å². The van der Waals surface area contributed by atoms with Crippen molar-refractivity contribution in [2.75, 3.05) is 19.7 Å². The highest BCUT2D eigenvalue weighted by Gasteiger charge is 2.04. The first-order valence-corrected chi connectivity index (χ1v) is 4.96. The number of hydrogen-bond acceptors (Lipinski definition) is 5. The third-order valence-corrected chi connectivity index (χ3v) is 1.71. The van der Waals surface area contributed by atoms with Crippen LogP contribution in [0.3, 0.4) is 0 Å². The smallest absolute Gasteiger partial charge is 0.228 e. The molecule has 0 aliphatic heterocycles. The Hall–Kier alpha value is -0.940. The van der Waals surface area contributed by atoms with Crippen LogP contribution in [0, 0.1) is 0 Å². The van der Waals surface area contributed by atoms with Gasteiger partial charge < -0.3 is 14.6 Å². The molecule has 80 valence electrons.